The average molecular weight is 356 g/mol. The van der Waals surface area contributed by atoms with E-state index in [-0.39, 0.29) is 17.4 Å². The van der Waals surface area contributed by atoms with Crippen LogP contribution < -0.4 is 14.8 Å². The Labute approximate surface area is 147 Å². The summed E-state index contributed by atoms with van der Waals surface area (Å²) in [5.74, 6) is -0.239. The molecule has 0 spiro atoms. The van der Waals surface area contributed by atoms with Crippen LogP contribution in [0.4, 0.5) is 8.78 Å². The Kier molecular flexibility index (Phi) is 7.43. The standard InChI is InChI=1S/C18H26F2N2O3/c1-13-6-3-4-10-22(13)11-5-9-21-17(23)14-7-8-15(25-18(19)20)16(12-14)24-2/h7-8,12-13,18H,3-6,9-11H2,1-2H3,(H,21,23). The average Bonchev–Trinajstić information content (AvgIpc) is 2.59. The fourth-order valence-electron chi connectivity index (χ4n) is 3.08. The zero-order valence-corrected chi connectivity index (χ0v) is 14.8. The first-order valence-electron chi connectivity index (χ1n) is 8.66. The van der Waals surface area contributed by atoms with Crippen molar-refractivity contribution >= 4 is 5.91 Å². The molecule has 1 unspecified atom stereocenters. The predicted molar refractivity (Wildman–Crippen MR) is 91.5 cm³/mol. The second-order valence-corrected chi connectivity index (χ2v) is 6.23. The molecule has 1 saturated heterocycles. The van der Waals surface area contributed by atoms with Crippen LogP contribution in [0.5, 0.6) is 11.5 Å². The fourth-order valence-corrected chi connectivity index (χ4v) is 3.08. The number of hydrogen-bond donors (Lipinski definition) is 1. The van der Waals surface area contributed by atoms with Crippen LogP contribution in [0.15, 0.2) is 18.2 Å². The molecule has 0 radical (unpaired) electrons. The van der Waals surface area contributed by atoms with Crippen molar-refractivity contribution in [2.75, 3.05) is 26.7 Å². The molecule has 1 fully saturated rings. The van der Waals surface area contributed by atoms with E-state index < -0.39 is 6.61 Å². The highest BCUT2D eigenvalue weighted by atomic mass is 19.3. The van der Waals surface area contributed by atoms with Crippen LogP contribution in [-0.4, -0.2) is 50.2 Å². The van der Waals surface area contributed by atoms with Crippen LogP contribution in [0.2, 0.25) is 0 Å². The van der Waals surface area contributed by atoms with Gasteiger partial charge in [0, 0.05) is 24.7 Å². The zero-order valence-electron chi connectivity index (χ0n) is 14.8. The summed E-state index contributed by atoms with van der Waals surface area (Å²) in [5, 5.41) is 2.85. The molecular formula is C18H26F2N2O3. The summed E-state index contributed by atoms with van der Waals surface area (Å²) in [7, 11) is 1.34. The number of alkyl halides is 2. The van der Waals surface area contributed by atoms with Crippen molar-refractivity contribution in [3.05, 3.63) is 23.8 Å². The largest absolute Gasteiger partial charge is 0.493 e. The van der Waals surface area contributed by atoms with Crippen LogP contribution >= 0.6 is 0 Å². The van der Waals surface area contributed by atoms with Crippen molar-refractivity contribution < 1.29 is 23.0 Å². The summed E-state index contributed by atoms with van der Waals surface area (Å²) in [6, 6.07) is 4.77. The molecule has 1 aromatic rings. The fraction of sp³-hybridized carbons (Fsp3) is 0.611. The Hall–Kier alpha value is -1.89. The Bertz CT molecular complexity index is 569. The van der Waals surface area contributed by atoms with E-state index in [4.69, 9.17) is 4.74 Å². The number of amides is 1. The minimum atomic E-state index is -2.94. The van der Waals surface area contributed by atoms with Crippen LogP contribution in [0, 0.1) is 0 Å². The number of piperidine rings is 1. The van der Waals surface area contributed by atoms with E-state index in [1.165, 1.54) is 44.6 Å². The van der Waals surface area contributed by atoms with Gasteiger partial charge in [-0.05, 0) is 50.9 Å². The molecule has 1 amide bonds. The maximum absolute atomic E-state index is 12.3. The van der Waals surface area contributed by atoms with Gasteiger partial charge in [0.05, 0.1) is 7.11 Å². The monoisotopic (exact) mass is 356 g/mol. The highest BCUT2D eigenvalue weighted by molar-refractivity contribution is 5.94. The molecule has 1 aromatic carbocycles. The van der Waals surface area contributed by atoms with Crippen LogP contribution in [0.25, 0.3) is 0 Å². The molecule has 0 aromatic heterocycles. The van der Waals surface area contributed by atoms with Gasteiger partial charge in [0.2, 0.25) is 0 Å². The first-order chi connectivity index (χ1) is 12.0. The lowest BCUT2D eigenvalue weighted by molar-refractivity contribution is -0.0512. The van der Waals surface area contributed by atoms with E-state index in [1.54, 1.807) is 0 Å². The quantitative estimate of drug-likeness (QED) is 0.726. The normalized spacial score (nSPS) is 18.2. The number of nitrogens with zero attached hydrogens (tertiary/aromatic N) is 1. The molecule has 2 rings (SSSR count). The molecule has 25 heavy (non-hydrogen) atoms. The zero-order chi connectivity index (χ0) is 18.2. The van der Waals surface area contributed by atoms with Gasteiger partial charge in [-0.1, -0.05) is 6.42 Å². The summed E-state index contributed by atoms with van der Waals surface area (Å²) in [6.45, 7) is 1.96. The second-order valence-electron chi connectivity index (χ2n) is 6.23. The summed E-state index contributed by atoms with van der Waals surface area (Å²) in [5.41, 5.74) is 0.352. The van der Waals surface area contributed by atoms with Gasteiger partial charge in [0.25, 0.3) is 5.91 Å². The number of methoxy groups -OCH3 is 1. The van der Waals surface area contributed by atoms with E-state index in [0.717, 1.165) is 19.5 Å². The van der Waals surface area contributed by atoms with Crippen LogP contribution in [0.1, 0.15) is 43.0 Å². The lowest BCUT2D eigenvalue weighted by Crippen LogP contribution is -2.39. The maximum atomic E-state index is 12.3. The van der Waals surface area contributed by atoms with E-state index in [9.17, 15) is 13.6 Å². The minimum Gasteiger partial charge on any atom is -0.493 e. The first-order valence-corrected chi connectivity index (χ1v) is 8.66. The third kappa shape index (κ3) is 5.85. The Balaban J connectivity index is 1.82. The molecule has 1 aliphatic rings. The summed E-state index contributed by atoms with van der Waals surface area (Å²) < 4.78 is 34.0. The molecule has 140 valence electrons. The van der Waals surface area contributed by atoms with Crippen molar-refractivity contribution in [3.63, 3.8) is 0 Å². The van der Waals surface area contributed by atoms with Gasteiger partial charge >= 0.3 is 6.61 Å². The number of rotatable bonds is 8. The van der Waals surface area contributed by atoms with Crippen molar-refractivity contribution in [1.82, 2.24) is 10.2 Å². The maximum Gasteiger partial charge on any atom is 0.387 e. The lowest BCUT2D eigenvalue weighted by atomic mass is 10.0. The molecule has 0 saturated carbocycles. The second kappa shape index (κ2) is 9.56. The number of ether oxygens (including phenoxy) is 2. The van der Waals surface area contributed by atoms with Gasteiger partial charge in [0.1, 0.15) is 0 Å². The molecule has 1 N–H and O–H groups in total. The number of nitrogens with one attached hydrogen (secondary N) is 1. The molecular weight excluding hydrogens is 330 g/mol. The number of likely N-dealkylation sites (tertiary alicyclic amines) is 1. The molecule has 0 aliphatic carbocycles. The number of halogens is 2. The van der Waals surface area contributed by atoms with Crippen LogP contribution in [-0.2, 0) is 0 Å². The number of hydrogen-bond acceptors (Lipinski definition) is 4. The molecule has 1 heterocycles. The van der Waals surface area contributed by atoms with Gasteiger partial charge in [-0.25, -0.2) is 0 Å². The minimum absolute atomic E-state index is 0.0897. The van der Waals surface area contributed by atoms with Crippen LogP contribution in [0.3, 0.4) is 0 Å². The van der Waals surface area contributed by atoms with Gasteiger partial charge in [-0.3, -0.25) is 4.79 Å². The third-order valence-corrected chi connectivity index (χ3v) is 4.49. The molecule has 1 aliphatic heterocycles. The van der Waals surface area contributed by atoms with E-state index in [2.05, 4.69) is 21.9 Å². The smallest absolute Gasteiger partial charge is 0.387 e. The predicted octanol–water partition coefficient (Wildman–Crippen LogP) is 3.29. The molecule has 0 bridgehead atoms. The Morgan fingerprint density at radius 2 is 2.16 bits per heavy atom. The van der Waals surface area contributed by atoms with Gasteiger partial charge < -0.3 is 19.7 Å². The molecule has 1 atom stereocenters. The lowest BCUT2D eigenvalue weighted by Gasteiger charge is -2.33. The first kappa shape index (κ1) is 19.4. The van der Waals surface area contributed by atoms with Crippen molar-refractivity contribution in [2.24, 2.45) is 0 Å². The van der Waals surface area contributed by atoms with Gasteiger partial charge in [-0.15, -0.1) is 0 Å². The number of carbonyl (C=O) groups is 1. The van der Waals surface area contributed by atoms with Crippen molar-refractivity contribution in [3.8, 4) is 11.5 Å². The van der Waals surface area contributed by atoms with E-state index in [1.807, 2.05) is 0 Å². The van der Waals surface area contributed by atoms with E-state index in [0.29, 0.717) is 18.2 Å². The van der Waals surface area contributed by atoms with E-state index >= 15 is 0 Å². The Morgan fingerprint density at radius 3 is 2.84 bits per heavy atom. The topological polar surface area (TPSA) is 50.8 Å². The van der Waals surface area contributed by atoms with Gasteiger partial charge in [0.15, 0.2) is 11.5 Å². The highest BCUT2D eigenvalue weighted by Gasteiger charge is 2.17. The summed E-state index contributed by atoms with van der Waals surface area (Å²) in [4.78, 5) is 14.6. The number of carbonyl (C=O) groups excluding carboxylic acids is 1. The summed E-state index contributed by atoms with van der Waals surface area (Å²) >= 11 is 0. The number of benzene rings is 1. The van der Waals surface area contributed by atoms with Gasteiger partial charge in [-0.2, -0.15) is 8.78 Å². The summed E-state index contributed by atoms with van der Waals surface area (Å²) in [6.07, 6.45) is 4.64. The third-order valence-electron chi connectivity index (χ3n) is 4.49. The molecule has 7 heteroatoms. The molecule has 5 nitrogen and oxygen atoms in total. The SMILES string of the molecule is COc1cc(C(=O)NCCCN2CCCCC2C)ccc1OC(F)F. The van der Waals surface area contributed by atoms with Crippen molar-refractivity contribution in [2.45, 2.75) is 45.3 Å². The Morgan fingerprint density at radius 1 is 1.36 bits per heavy atom. The highest BCUT2D eigenvalue weighted by Crippen LogP contribution is 2.29. The van der Waals surface area contributed by atoms with Crippen molar-refractivity contribution in [1.29, 1.82) is 0 Å².